The van der Waals surface area contributed by atoms with Gasteiger partial charge in [0.25, 0.3) is 0 Å². The molecule has 2 amide bonds. The number of hydrogen-bond donors (Lipinski definition) is 2. The van der Waals surface area contributed by atoms with E-state index in [4.69, 9.17) is 10.5 Å². The highest BCUT2D eigenvalue weighted by Gasteiger charge is 2.33. The second-order valence-corrected chi connectivity index (χ2v) is 5.31. The van der Waals surface area contributed by atoms with E-state index in [0.717, 1.165) is 6.42 Å². The Morgan fingerprint density at radius 2 is 1.94 bits per heavy atom. The Morgan fingerprint density at radius 1 is 1.31 bits per heavy atom. The van der Waals surface area contributed by atoms with Crippen molar-refractivity contribution in [3.05, 3.63) is 0 Å². The predicted octanol–water partition coefficient (Wildman–Crippen LogP) is 1.17. The lowest BCUT2D eigenvalue weighted by molar-refractivity contribution is -0.126. The summed E-state index contributed by atoms with van der Waals surface area (Å²) in [4.78, 5) is 22.4. The summed E-state index contributed by atoms with van der Waals surface area (Å²) in [5, 5.41) is 2.92. The molecule has 1 aliphatic carbocycles. The molecular formula is C11H20N2O3. The number of nitrogens with one attached hydrogen (secondary N) is 1. The molecule has 0 aromatic carbocycles. The van der Waals surface area contributed by atoms with Gasteiger partial charge in [0.15, 0.2) is 0 Å². The number of carbonyl (C=O) groups excluding carboxylic acids is 2. The number of amides is 2. The summed E-state index contributed by atoms with van der Waals surface area (Å²) >= 11 is 0. The zero-order chi connectivity index (χ0) is 12.3. The SMILES string of the molecule is CC(C)(C)NC(=O)C1CCC(OC(N)=O)C1. The van der Waals surface area contributed by atoms with Crippen LogP contribution in [0.4, 0.5) is 4.79 Å². The first-order chi connectivity index (χ1) is 7.28. The van der Waals surface area contributed by atoms with Crippen LogP contribution in [-0.2, 0) is 9.53 Å². The Labute approximate surface area is 95.7 Å². The Morgan fingerprint density at radius 3 is 2.44 bits per heavy atom. The summed E-state index contributed by atoms with van der Waals surface area (Å²) in [6.45, 7) is 5.83. The predicted molar refractivity (Wildman–Crippen MR) is 59.7 cm³/mol. The summed E-state index contributed by atoms with van der Waals surface area (Å²) in [6.07, 6.45) is 1.07. The maximum absolute atomic E-state index is 11.8. The minimum absolute atomic E-state index is 0.0306. The van der Waals surface area contributed by atoms with Crippen molar-refractivity contribution in [2.45, 2.75) is 51.7 Å². The maximum atomic E-state index is 11.8. The van der Waals surface area contributed by atoms with Crippen LogP contribution in [0.15, 0.2) is 0 Å². The van der Waals surface area contributed by atoms with Gasteiger partial charge in [-0.2, -0.15) is 0 Å². The molecule has 0 aliphatic heterocycles. The molecule has 92 valence electrons. The molecule has 5 nitrogen and oxygen atoms in total. The molecule has 0 aromatic heterocycles. The zero-order valence-electron chi connectivity index (χ0n) is 10.1. The number of rotatable bonds is 2. The van der Waals surface area contributed by atoms with Crippen LogP contribution in [0.3, 0.4) is 0 Å². The van der Waals surface area contributed by atoms with E-state index < -0.39 is 6.09 Å². The lowest BCUT2D eigenvalue weighted by Crippen LogP contribution is -2.43. The van der Waals surface area contributed by atoms with Gasteiger partial charge in [0.05, 0.1) is 0 Å². The topological polar surface area (TPSA) is 81.4 Å². The van der Waals surface area contributed by atoms with Crippen molar-refractivity contribution in [2.75, 3.05) is 0 Å². The third-order valence-corrected chi connectivity index (χ3v) is 2.54. The molecule has 5 heteroatoms. The van der Waals surface area contributed by atoms with Gasteiger partial charge in [0.1, 0.15) is 6.10 Å². The highest BCUT2D eigenvalue weighted by Crippen LogP contribution is 2.28. The molecule has 0 spiro atoms. The number of nitrogens with two attached hydrogens (primary N) is 1. The van der Waals surface area contributed by atoms with E-state index in [-0.39, 0.29) is 23.5 Å². The van der Waals surface area contributed by atoms with Crippen LogP contribution in [-0.4, -0.2) is 23.6 Å². The summed E-state index contributed by atoms with van der Waals surface area (Å²) in [6, 6.07) is 0. The standard InChI is InChI=1S/C11H20N2O3/c1-11(2,3)13-9(14)7-4-5-8(6-7)16-10(12)15/h7-8H,4-6H2,1-3H3,(H2,12,15)(H,13,14). The largest absolute Gasteiger partial charge is 0.446 e. The average molecular weight is 228 g/mol. The fourth-order valence-electron chi connectivity index (χ4n) is 1.92. The molecule has 0 radical (unpaired) electrons. The van der Waals surface area contributed by atoms with Crippen LogP contribution >= 0.6 is 0 Å². The molecule has 1 aliphatic rings. The molecule has 1 fully saturated rings. The van der Waals surface area contributed by atoms with Crippen LogP contribution in [0.25, 0.3) is 0 Å². The van der Waals surface area contributed by atoms with E-state index in [0.29, 0.717) is 12.8 Å². The fourth-order valence-corrected chi connectivity index (χ4v) is 1.92. The van der Waals surface area contributed by atoms with Crippen LogP contribution in [0.2, 0.25) is 0 Å². The zero-order valence-corrected chi connectivity index (χ0v) is 10.1. The van der Waals surface area contributed by atoms with E-state index in [9.17, 15) is 9.59 Å². The lowest BCUT2D eigenvalue weighted by atomic mass is 10.0. The summed E-state index contributed by atoms with van der Waals surface area (Å²) in [7, 11) is 0. The van der Waals surface area contributed by atoms with E-state index in [1.54, 1.807) is 0 Å². The molecule has 3 N–H and O–H groups in total. The van der Waals surface area contributed by atoms with Crippen molar-refractivity contribution < 1.29 is 14.3 Å². The number of carbonyl (C=O) groups is 2. The maximum Gasteiger partial charge on any atom is 0.404 e. The quantitative estimate of drug-likeness (QED) is 0.744. The molecule has 1 rings (SSSR count). The molecule has 0 heterocycles. The molecule has 0 aromatic rings. The monoisotopic (exact) mass is 228 g/mol. The minimum atomic E-state index is -0.762. The second kappa shape index (κ2) is 4.72. The van der Waals surface area contributed by atoms with E-state index in [1.165, 1.54) is 0 Å². The third kappa shape index (κ3) is 4.08. The number of hydrogen-bond acceptors (Lipinski definition) is 3. The van der Waals surface area contributed by atoms with Crippen molar-refractivity contribution in [1.29, 1.82) is 0 Å². The summed E-state index contributed by atoms with van der Waals surface area (Å²) in [5.74, 6) is -0.0355. The first kappa shape index (κ1) is 12.8. The van der Waals surface area contributed by atoms with Gasteiger partial charge in [-0.15, -0.1) is 0 Å². The van der Waals surface area contributed by atoms with Crippen molar-refractivity contribution >= 4 is 12.0 Å². The first-order valence-corrected chi connectivity index (χ1v) is 5.56. The molecule has 16 heavy (non-hydrogen) atoms. The van der Waals surface area contributed by atoms with Crippen molar-refractivity contribution in [1.82, 2.24) is 5.32 Å². The Balaban J connectivity index is 2.41. The molecule has 2 unspecified atom stereocenters. The van der Waals surface area contributed by atoms with Gasteiger partial charge in [-0.1, -0.05) is 0 Å². The Bertz CT molecular complexity index is 283. The smallest absolute Gasteiger partial charge is 0.404 e. The molecule has 0 saturated heterocycles. The van der Waals surface area contributed by atoms with Crippen LogP contribution in [0.1, 0.15) is 40.0 Å². The van der Waals surface area contributed by atoms with Gasteiger partial charge in [-0.25, -0.2) is 4.79 Å². The van der Waals surface area contributed by atoms with Crippen LogP contribution in [0.5, 0.6) is 0 Å². The van der Waals surface area contributed by atoms with Gasteiger partial charge in [-0.3, -0.25) is 4.79 Å². The van der Waals surface area contributed by atoms with Crippen molar-refractivity contribution in [3.8, 4) is 0 Å². The molecular weight excluding hydrogens is 208 g/mol. The normalized spacial score (nSPS) is 25.2. The average Bonchev–Trinajstić information content (AvgIpc) is 2.48. The lowest BCUT2D eigenvalue weighted by Gasteiger charge is -2.23. The highest BCUT2D eigenvalue weighted by molar-refractivity contribution is 5.79. The fraction of sp³-hybridized carbons (Fsp3) is 0.818. The van der Waals surface area contributed by atoms with Crippen LogP contribution in [0, 0.1) is 5.92 Å². The molecule has 2 atom stereocenters. The number of ether oxygens (including phenoxy) is 1. The van der Waals surface area contributed by atoms with Crippen molar-refractivity contribution in [2.24, 2.45) is 11.7 Å². The van der Waals surface area contributed by atoms with Gasteiger partial charge >= 0.3 is 6.09 Å². The molecule has 0 bridgehead atoms. The van der Waals surface area contributed by atoms with E-state index in [2.05, 4.69) is 5.32 Å². The van der Waals surface area contributed by atoms with Crippen molar-refractivity contribution in [3.63, 3.8) is 0 Å². The van der Waals surface area contributed by atoms with E-state index >= 15 is 0 Å². The van der Waals surface area contributed by atoms with Gasteiger partial charge < -0.3 is 15.8 Å². The first-order valence-electron chi connectivity index (χ1n) is 5.56. The number of primary amides is 1. The minimum Gasteiger partial charge on any atom is -0.446 e. The molecule has 1 saturated carbocycles. The Hall–Kier alpha value is -1.26. The van der Waals surface area contributed by atoms with E-state index in [1.807, 2.05) is 20.8 Å². The van der Waals surface area contributed by atoms with Gasteiger partial charge in [-0.05, 0) is 40.0 Å². The van der Waals surface area contributed by atoms with Crippen LogP contribution < -0.4 is 11.1 Å². The van der Waals surface area contributed by atoms with Gasteiger partial charge in [0, 0.05) is 11.5 Å². The third-order valence-electron chi connectivity index (χ3n) is 2.54. The second-order valence-electron chi connectivity index (χ2n) is 5.31. The summed E-state index contributed by atoms with van der Waals surface area (Å²) in [5.41, 5.74) is 4.71. The summed E-state index contributed by atoms with van der Waals surface area (Å²) < 4.78 is 4.88. The van der Waals surface area contributed by atoms with Gasteiger partial charge in [0.2, 0.25) is 5.91 Å². The highest BCUT2D eigenvalue weighted by atomic mass is 16.6. The Kier molecular flexibility index (Phi) is 3.78.